The molecular weight excluding hydrogens is 186 g/mol. The van der Waals surface area contributed by atoms with Gasteiger partial charge in [-0.2, -0.15) is 0 Å². The molecule has 0 aliphatic carbocycles. The minimum absolute atomic E-state index is 0.461. The Morgan fingerprint density at radius 2 is 1.80 bits per heavy atom. The second-order valence-corrected chi connectivity index (χ2v) is 3.80. The lowest BCUT2D eigenvalue weighted by Crippen LogP contribution is -1.74. The van der Waals surface area contributed by atoms with E-state index < -0.39 is 0 Å². The van der Waals surface area contributed by atoms with Gasteiger partial charge in [-0.25, -0.2) is 0 Å². The summed E-state index contributed by atoms with van der Waals surface area (Å²) in [5.41, 5.74) is 1.25. The van der Waals surface area contributed by atoms with E-state index in [4.69, 9.17) is 22.8 Å². The largest absolute Gasteiger partial charge is 0.0997 e. The van der Waals surface area contributed by atoms with Gasteiger partial charge < -0.3 is 0 Å². The summed E-state index contributed by atoms with van der Waals surface area (Å²) in [5, 5.41) is 0.779. The van der Waals surface area contributed by atoms with E-state index in [2.05, 4.69) is 0 Å². The van der Waals surface area contributed by atoms with Crippen LogP contribution in [0.4, 0.5) is 0 Å². The molecule has 0 saturated carbocycles. The van der Waals surface area contributed by atoms with Gasteiger partial charge in [0.2, 0.25) is 0 Å². The first kappa shape index (κ1) is 8.33. The van der Waals surface area contributed by atoms with E-state index in [9.17, 15) is 0 Å². The molecule has 1 aromatic carbocycles. The SMILES string of the molecule is ClPCc1ccc(Cl)cc1. The van der Waals surface area contributed by atoms with Crippen LogP contribution in [0, 0.1) is 0 Å². The molecule has 0 saturated heterocycles. The van der Waals surface area contributed by atoms with E-state index in [-0.39, 0.29) is 0 Å². The van der Waals surface area contributed by atoms with E-state index in [0.29, 0.717) is 7.93 Å². The van der Waals surface area contributed by atoms with Crippen molar-refractivity contribution in [1.29, 1.82) is 0 Å². The topological polar surface area (TPSA) is 0 Å². The third kappa shape index (κ3) is 2.46. The molecule has 10 heavy (non-hydrogen) atoms. The van der Waals surface area contributed by atoms with E-state index in [1.807, 2.05) is 24.3 Å². The maximum absolute atomic E-state index is 5.68. The first-order chi connectivity index (χ1) is 4.83. The van der Waals surface area contributed by atoms with Gasteiger partial charge in [0.05, 0.1) is 0 Å². The molecule has 0 nitrogen and oxygen atoms in total. The normalized spacial score (nSPS) is 11.0. The Bertz CT molecular complexity index is 195. The second-order valence-electron chi connectivity index (χ2n) is 1.94. The summed E-state index contributed by atoms with van der Waals surface area (Å²) < 4.78 is 0. The van der Waals surface area contributed by atoms with Crippen LogP contribution in [0.1, 0.15) is 5.56 Å². The van der Waals surface area contributed by atoms with Crippen LogP contribution in [-0.4, -0.2) is 0 Å². The van der Waals surface area contributed by atoms with Crippen LogP contribution in [0.3, 0.4) is 0 Å². The molecule has 0 heterocycles. The number of hydrogen-bond donors (Lipinski definition) is 0. The molecular formula is C7H7Cl2P. The van der Waals surface area contributed by atoms with Crippen LogP contribution in [-0.2, 0) is 6.16 Å². The van der Waals surface area contributed by atoms with Crippen molar-refractivity contribution in [1.82, 2.24) is 0 Å². The summed E-state index contributed by atoms with van der Waals surface area (Å²) in [6, 6.07) is 7.76. The third-order valence-corrected chi connectivity index (χ3v) is 2.38. The average Bonchev–Trinajstić information content (AvgIpc) is 1.95. The monoisotopic (exact) mass is 192 g/mol. The zero-order chi connectivity index (χ0) is 7.40. The van der Waals surface area contributed by atoms with E-state index in [1.165, 1.54) is 5.56 Å². The molecule has 0 bridgehead atoms. The molecule has 0 aliphatic rings. The molecule has 0 aliphatic heterocycles. The van der Waals surface area contributed by atoms with Crippen molar-refractivity contribution in [2.45, 2.75) is 6.16 Å². The molecule has 0 N–H and O–H groups in total. The van der Waals surface area contributed by atoms with Crippen LogP contribution in [0.25, 0.3) is 0 Å². The molecule has 0 aromatic heterocycles. The number of halogens is 2. The van der Waals surface area contributed by atoms with Gasteiger partial charge in [-0.05, 0) is 25.6 Å². The molecule has 0 amide bonds. The summed E-state index contributed by atoms with van der Waals surface area (Å²) in [5.74, 6) is 0. The number of benzene rings is 1. The van der Waals surface area contributed by atoms with Gasteiger partial charge in [0.25, 0.3) is 0 Å². The van der Waals surface area contributed by atoms with Crippen LogP contribution < -0.4 is 0 Å². The Morgan fingerprint density at radius 1 is 1.20 bits per heavy atom. The molecule has 0 radical (unpaired) electrons. The highest BCUT2D eigenvalue weighted by molar-refractivity contribution is 7.67. The average molecular weight is 193 g/mol. The standard InChI is InChI=1S/C7H7Cl2P/c8-7-3-1-6(2-4-7)5-10-9/h1-4,10H,5H2. The van der Waals surface area contributed by atoms with Crippen LogP contribution in [0.15, 0.2) is 24.3 Å². The predicted molar refractivity (Wildman–Crippen MR) is 49.3 cm³/mol. The quantitative estimate of drug-likeness (QED) is 0.628. The highest BCUT2D eigenvalue weighted by atomic mass is 35.7. The molecule has 1 atom stereocenters. The zero-order valence-electron chi connectivity index (χ0n) is 5.27. The van der Waals surface area contributed by atoms with Crippen molar-refractivity contribution in [2.24, 2.45) is 0 Å². The lowest BCUT2D eigenvalue weighted by molar-refractivity contribution is 1.42. The zero-order valence-corrected chi connectivity index (χ0v) is 7.78. The van der Waals surface area contributed by atoms with Gasteiger partial charge in [-0.15, -0.1) is 0 Å². The number of rotatable bonds is 2. The van der Waals surface area contributed by atoms with E-state index in [0.717, 1.165) is 11.2 Å². The Balaban J connectivity index is 2.69. The van der Waals surface area contributed by atoms with Crippen LogP contribution in [0.2, 0.25) is 5.02 Å². The molecule has 0 fully saturated rings. The smallest absolute Gasteiger partial charge is 0.0406 e. The minimum Gasteiger partial charge on any atom is -0.0997 e. The van der Waals surface area contributed by atoms with Crippen molar-refractivity contribution in [3.63, 3.8) is 0 Å². The molecule has 1 aromatic rings. The molecule has 54 valence electrons. The lowest BCUT2D eigenvalue weighted by atomic mass is 10.2. The molecule has 1 unspecified atom stereocenters. The maximum atomic E-state index is 5.68. The summed E-state index contributed by atoms with van der Waals surface area (Å²) in [7, 11) is 0.461. The fourth-order valence-electron chi connectivity index (χ4n) is 0.679. The highest BCUT2D eigenvalue weighted by Crippen LogP contribution is 2.23. The summed E-state index contributed by atoms with van der Waals surface area (Å²) in [4.78, 5) is 0. The van der Waals surface area contributed by atoms with Crippen molar-refractivity contribution in [2.75, 3.05) is 0 Å². The van der Waals surface area contributed by atoms with Crippen molar-refractivity contribution in [3.8, 4) is 0 Å². The van der Waals surface area contributed by atoms with Crippen molar-refractivity contribution in [3.05, 3.63) is 34.9 Å². The van der Waals surface area contributed by atoms with Gasteiger partial charge in [0, 0.05) is 11.2 Å². The van der Waals surface area contributed by atoms with Gasteiger partial charge in [-0.1, -0.05) is 35.0 Å². The molecule has 1 rings (SSSR count). The van der Waals surface area contributed by atoms with Crippen LogP contribution >= 0.6 is 30.8 Å². The first-order valence-corrected chi connectivity index (χ1v) is 5.50. The van der Waals surface area contributed by atoms with Gasteiger partial charge >= 0.3 is 0 Å². The fourth-order valence-corrected chi connectivity index (χ4v) is 1.66. The van der Waals surface area contributed by atoms with E-state index in [1.54, 1.807) is 0 Å². The van der Waals surface area contributed by atoms with Crippen molar-refractivity contribution < 1.29 is 0 Å². The lowest BCUT2D eigenvalue weighted by Gasteiger charge is -1.95. The first-order valence-electron chi connectivity index (χ1n) is 2.91. The Morgan fingerprint density at radius 3 is 2.30 bits per heavy atom. The predicted octanol–water partition coefficient (Wildman–Crippen LogP) is 3.67. The summed E-state index contributed by atoms with van der Waals surface area (Å²) in [6.07, 6.45) is 0.943. The fraction of sp³-hybridized carbons (Fsp3) is 0.143. The van der Waals surface area contributed by atoms with Crippen molar-refractivity contribution >= 4 is 30.8 Å². The summed E-state index contributed by atoms with van der Waals surface area (Å²) in [6.45, 7) is 0. The number of hydrogen-bond acceptors (Lipinski definition) is 0. The van der Waals surface area contributed by atoms with E-state index >= 15 is 0 Å². The molecule has 0 spiro atoms. The molecule has 3 heteroatoms. The van der Waals surface area contributed by atoms with Crippen LogP contribution in [0.5, 0.6) is 0 Å². The maximum Gasteiger partial charge on any atom is 0.0406 e. The van der Waals surface area contributed by atoms with Gasteiger partial charge in [-0.3, -0.25) is 0 Å². The second kappa shape index (κ2) is 4.18. The summed E-state index contributed by atoms with van der Waals surface area (Å²) >= 11 is 11.3. The highest BCUT2D eigenvalue weighted by Gasteiger charge is 1.89. The minimum atomic E-state index is 0.461. The Labute approximate surface area is 72.1 Å². The Kier molecular flexibility index (Phi) is 3.48. The third-order valence-electron chi connectivity index (χ3n) is 1.18. The van der Waals surface area contributed by atoms with Gasteiger partial charge in [0.15, 0.2) is 0 Å². The Hall–Kier alpha value is 0.230. The van der Waals surface area contributed by atoms with Gasteiger partial charge in [0.1, 0.15) is 0 Å².